The quantitative estimate of drug-likeness (QED) is 0.0283. The van der Waals surface area contributed by atoms with Crippen molar-refractivity contribution in [3.8, 4) is 46.8 Å². The molecule has 3 N–H and O–H groups in total. The van der Waals surface area contributed by atoms with Crippen molar-refractivity contribution >= 4 is 33.8 Å². The van der Waals surface area contributed by atoms with Crippen molar-refractivity contribution in [2.75, 3.05) is 79.5 Å². The predicted octanol–water partition coefficient (Wildman–Crippen LogP) is 4.44. The largest absolute Gasteiger partial charge is 0.490 e. The molecule has 3 aromatic heterocycles. The highest BCUT2D eigenvalue weighted by molar-refractivity contribution is 7.52. The molecule has 0 saturated carbocycles. The van der Waals surface area contributed by atoms with Gasteiger partial charge in [-0.25, -0.2) is 14.3 Å². The Labute approximate surface area is 389 Å². The van der Waals surface area contributed by atoms with E-state index in [2.05, 4.69) is 33.9 Å². The number of ether oxygens (including phenoxy) is 4. The maximum atomic E-state index is 12.6. The maximum Gasteiger partial charge on any atom is 0.342 e. The molecule has 0 aliphatic carbocycles. The average molecular weight is 970 g/mol. The van der Waals surface area contributed by atoms with E-state index < -0.39 is 40.4 Å². The van der Waals surface area contributed by atoms with Crippen LogP contribution in [0.5, 0.6) is 11.5 Å². The van der Waals surface area contributed by atoms with E-state index in [1.807, 2.05) is 0 Å². The lowest BCUT2D eigenvalue weighted by Gasteiger charge is -2.21. The Bertz CT molecular complexity index is 2400. The van der Waals surface area contributed by atoms with Crippen LogP contribution in [0.1, 0.15) is 67.6 Å². The molecule has 0 spiro atoms. The molecule has 0 radical (unpaired) electrons. The number of aldehydes is 1. The van der Waals surface area contributed by atoms with E-state index in [9.17, 15) is 33.5 Å². The van der Waals surface area contributed by atoms with Crippen LogP contribution in [0.15, 0.2) is 48.8 Å². The Morgan fingerprint density at radius 3 is 1.96 bits per heavy atom. The van der Waals surface area contributed by atoms with Gasteiger partial charge in [0.25, 0.3) is 0 Å². The van der Waals surface area contributed by atoms with Crippen LogP contribution in [0.25, 0.3) is 11.6 Å². The van der Waals surface area contributed by atoms with E-state index in [0.717, 1.165) is 0 Å². The molecule has 1 aromatic carbocycles. The lowest BCUT2D eigenvalue weighted by molar-refractivity contribution is -0.138. The zero-order valence-corrected chi connectivity index (χ0v) is 39.8. The van der Waals surface area contributed by atoms with Gasteiger partial charge in [0.2, 0.25) is 8.03 Å². The van der Waals surface area contributed by atoms with Crippen LogP contribution < -0.4 is 9.47 Å². The summed E-state index contributed by atoms with van der Waals surface area (Å²) in [5, 5.41) is 27.8. The van der Waals surface area contributed by atoms with Gasteiger partial charge in [0.1, 0.15) is 37.3 Å². The molecule has 0 saturated heterocycles. The number of carboxylic acid groups (broad SMARTS) is 2. The molecule has 67 heavy (non-hydrogen) atoms. The molecular weight excluding hydrogens is 912 g/mol. The molecule has 0 fully saturated rings. The summed E-state index contributed by atoms with van der Waals surface area (Å²) in [6, 6.07) is 10.2. The maximum absolute atomic E-state index is 12.6. The number of methoxy groups -OCH3 is 2. The molecule has 0 aliphatic rings. The number of carboxylic acids is 2. The number of carbonyl (C=O) groups excluding carboxylic acids is 1. The Morgan fingerprint density at radius 1 is 0.821 bits per heavy atom. The van der Waals surface area contributed by atoms with Crippen LogP contribution >= 0.6 is 15.6 Å². The highest BCUT2D eigenvalue weighted by Crippen LogP contribution is 2.42. The van der Waals surface area contributed by atoms with Crippen molar-refractivity contribution in [2.45, 2.75) is 52.6 Å². The number of benzene rings is 1. The van der Waals surface area contributed by atoms with Gasteiger partial charge in [-0.1, -0.05) is 23.7 Å². The van der Waals surface area contributed by atoms with Crippen LogP contribution in [-0.4, -0.2) is 147 Å². The van der Waals surface area contributed by atoms with Gasteiger partial charge >= 0.3 is 19.5 Å². The van der Waals surface area contributed by atoms with Gasteiger partial charge in [-0.3, -0.25) is 28.5 Å². The molecule has 21 nitrogen and oxygen atoms in total. The van der Waals surface area contributed by atoms with E-state index in [4.69, 9.17) is 38.1 Å². The molecule has 2 atom stereocenters. The van der Waals surface area contributed by atoms with E-state index in [1.54, 1.807) is 76.9 Å². The number of aromatic nitrogens is 5. The first-order valence-corrected chi connectivity index (χ1v) is 24.5. The lowest BCUT2D eigenvalue weighted by atomic mass is 10.1. The second kappa shape index (κ2) is 28.5. The van der Waals surface area contributed by atoms with Crippen LogP contribution in [0.2, 0.25) is 0 Å². The van der Waals surface area contributed by atoms with Gasteiger partial charge in [0, 0.05) is 70.2 Å². The molecule has 0 bridgehead atoms. The minimum atomic E-state index is -4.02. The van der Waals surface area contributed by atoms with Crippen molar-refractivity contribution in [2.24, 2.45) is 0 Å². The fourth-order valence-corrected chi connectivity index (χ4v) is 8.39. The van der Waals surface area contributed by atoms with Crippen molar-refractivity contribution in [3.05, 3.63) is 76.9 Å². The fraction of sp³-hybridized carbons (Fsp3) is 0.455. The predicted molar refractivity (Wildman–Crippen MR) is 245 cm³/mol. The van der Waals surface area contributed by atoms with Gasteiger partial charge in [-0.2, -0.15) is 10.2 Å². The van der Waals surface area contributed by atoms with Crippen molar-refractivity contribution in [3.63, 3.8) is 0 Å². The second-order valence-electron chi connectivity index (χ2n) is 14.5. The number of nitrogens with zero attached hydrogens (tertiary/aromatic N) is 7. The molecule has 0 aliphatic heterocycles. The molecule has 3 heterocycles. The Morgan fingerprint density at radius 2 is 1.42 bits per heavy atom. The molecule has 4 rings (SSSR count). The molecule has 4 aromatic rings. The Kier molecular flexibility index (Phi) is 22.9. The average Bonchev–Trinajstić information content (AvgIpc) is 3.95. The van der Waals surface area contributed by atoms with Crippen LogP contribution in [0, 0.1) is 23.7 Å². The Balaban J connectivity index is 1.81. The third-order valence-corrected chi connectivity index (χ3v) is 11.8. The lowest BCUT2D eigenvalue weighted by Crippen LogP contribution is -2.29. The zero-order valence-electron chi connectivity index (χ0n) is 37.9. The summed E-state index contributed by atoms with van der Waals surface area (Å²) in [6.07, 6.45) is 5.04. The van der Waals surface area contributed by atoms with E-state index >= 15 is 0 Å². The van der Waals surface area contributed by atoms with Gasteiger partial charge in [0.15, 0.2) is 11.6 Å². The first kappa shape index (κ1) is 53.9. The number of aliphatic carboxylic acids is 2. The van der Waals surface area contributed by atoms with Crippen molar-refractivity contribution < 1.29 is 66.6 Å². The normalized spacial score (nSPS) is 12.5. The number of carbonyl (C=O) groups is 3. The second-order valence-corrected chi connectivity index (χ2v) is 17.6. The van der Waals surface area contributed by atoms with Gasteiger partial charge in [-0.05, 0) is 51.0 Å². The minimum Gasteiger partial charge on any atom is -0.490 e. The van der Waals surface area contributed by atoms with Crippen molar-refractivity contribution in [1.82, 2.24) is 34.3 Å². The molecule has 362 valence electrons. The first-order valence-electron chi connectivity index (χ1n) is 21.2. The van der Waals surface area contributed by atoms with E-state index in [0.29, 0.717) is 83.4 Å². The summed E-state index contributed by atoms with van der Waals surface area (Å²) in [6.45, 7) is 4.08. The standard InChI is InChI=1S/C44H57N7O14P2/c1-5-64-66(57)32-49(31-44(55)56)30-38-16-18-51(47-38)42-26-34(25-41(45-42)50-17-15-37(46-50)29-48(19-20-52)33-67(58,59)65-6-2)13-14-36-28-39(62-23-21-60-3)35(27-40(36)63-24-22-61-4)11-9-7-8-10-12-43(53)54/h15-18,20,25-28,66H,5-8,10,12,19,21-24,29-33H2,1-4H3,(H,53,54)(H,55,56)(H,58,59). The molecule has 2 unspecified atom stereocenters. The minimum absolute atomic E-state index is 0.0167. The monoisotopic (exact) mass is 969 g/mol. The smallest absolute Gasteiger partial charge is 0.342 e. The molecular formula is C44H57N7O14P2. The number of hydrogen-bond donors (Lipinski definition) is 3. The summed E-state index contributed by atoms with van der Waals surface area (Å²) in [7, 11) is -3.44. The summed E-state index contributed by atoms with van der Waals surface area (Å²) in [4.78, 5) is 52.1. The fourth-order valence-electron chi connectivity index (χ4n) is 6.19. The summed E-state index contributed by atoms with van der Waals surface area (Å²) < 4.78 is 60.8. The number of rotatable bonds is 30. The van der Waals surface area contributed by atoms with Crippen molar-refractivity contribution in [1.29, 1.82) is 0 Å². The highest BCUT2D eigenvalue weighted by atomic mass is 31.2. The van der Waals surface area contributed by atoms with Crippen LogP contribution in [0.4, 0.5) is 0 Å². The van der Waals surface area contributed by atoms with Crippen LogP contribution in [-0.2, 0) is 55.1 Å². The first-order chi connectivity index (χ1) is 32.3. The highest BCUT2D eigenvalue weighted by Gasteiger charge is 2.24. The van der Waals surface area contributed by atoms with E-state index in [-0.39, 0.29) is 65.4 Å². The summed E-state index contributed by atoms with van der Waals surface area (Å²) in [5.74, 6) is 12.1. The summed E-state index contributed by atoms with van der Waals surface area (Å²) >= 11 is 0. The van der Waals surface area contributed by atoms with Crippen LogP contribution in [0.3, 0.4) is 0 Å². The molecule has 0 amide bonds. The third kappa shape index (κ3) is 19.2. The van der Waals surface area contributed by atoms with E-state index in [1.165, 1.54) is 19.2 Å². The zero-order chi connectivity index (χ0) is 48.6. The molecule has 23 heteroatoms. The van der Waals surface area contributed by atoms with Gasteiger partial charge < -0.3 is 47.9 Å². The summed E-state index contributed by atoms with van der Waals surface area (Å²) in [5.41, 5.74) is 2.34. The topological polar surface area (TPSA) is 256 Å². The third-order valence-electron chi connectivity index (χ3n) is 9.07. The van der Waals surface area contributed by atoms with Gasteiger partial charge in [0.05, 0.1) is 68.3 Å². The number of pyridine rings is 1. The number of unbranched alkanes of at least 4 members (excludes halogenated alkanes) is 2. The Hall–Kier alpha value is -5.70. The SMILES string of the molecule is CCO[PH](=O)CN(CC(=O)O)Cc1ccn(-c2cc(C#Cc3cc(OCCOC)c(C#CCCCCC(=O)O)cc3OCCOC)cc(-n3ccc(CN(CC=O)CP(=O)(O)OCC)n3)n2)n1. The van der Waals surface area contributed by atoms with Gasteiger partial charge in [-0.15, -0.1) is 0 Å². The number of hydrogen-bond acceptors (Lipinski definition) is 16.